The average Bonchev–Trinajstić information content (AvgIpc) is 3.08. The van der Waals surface area contributed by atoms with E-state index in [0.717, 1.165) is 5.56 Å². The zero-order valence-corrected chi connectivity index (χ0v) is 15.8. The number of amides is 1. The van der Waals surface area contributed by atoms with Crippen LogP contribution in [0.25, 0.3) is 0 Å². The normalized spacial score (nSPS) is 19.2. The fourth-order valence-corrected chi connectivity index (χ4v) is 3.19. The minimum atomic E-state index is -5.05. The van der Waals surface area contributed by atoms with Crippen molar-refractivity contribution >= 4 is 11.6 Å². The van der Waals surface area contributed by atoms with Crippen molar-refractivity contribution in [1.82, 2.24) is 5.01 Å². The van der Waals surface area contributed by atoms with E-state index in [1.54, 1.807) is 18.2 Å². The number of ether oxygens (including phenoxy) is 1. The molecule has 2 aromatic rings. The van der Waals surface area contributed by atoms with Gasteiger partial charge in [0.2, 0.25) is 5.91 Å². The Hall–Kier alpha value is -2.87. The number of rotatable bonds is 6. The van der Waals surface area contributed by atoms with E-state index in [-0.39, 0.29) is 17.1 Å². The van der Waals surface area contributed by atoms with E-state index < -0.39 is 24.2 Å². The van der Waals surface area contributed by atoms with Crippen LogP contribution in [0.1, 0.15) is 30.4 Å². The lowest BCUT2D eigenvalue weighted by Crippen LogP contribution is -2.56. The number of halogens is 3. The maximum atomic E-state index is 13.6. The lowest BCUT2D eigenvalue weighted by molar-refractivity contribution is -0.302. The molecule has 0 aromatic heterocycles. The Morgan fingerprint density at radius 1 is 1.21 bits per heavy atom. The fourth-order valence-electron chi connectivity index (χ4n) is 3.19. The Morgan fingerprint density at radius 3 is 2.59 bits per heavy atom. The van der Waals surface area contributed by atoms with Crippen LogP contribution in [-0.2, 0) is 11.2 Å². The molecule has 0 spiro atoms. The van der Waals surface area contributed by atoms with Gasteiger partial charge >= 0.3 is 6.18 Å². The van der Waals surface area contributed by atoms with Crippen molar-refractivity contribution in [2.45, 2.75) is 37.6 Å². The largest absolute Gasteiger partial charge is 0.497 e. The van der Waals surface area contributed by atoms with E-state index in [4.69, 9.17) is 4.74 Å². The van der Waals surface area contributed by atoms with Gasteiger partial charge < -0.3 is 9.84 Å². The number of aliphatic hydroxyl groups is 1. The lowest BCUT2D eigenvalue weighted by atomic mass is 10.0. The predicted octanol–water partition coefficient (Wildman–Crippen LogP) is 3.91. The zero-order chi connectivity index (χ0) is 21.1. The third kappa shape index (κ3) is 4.42. The first-order valence-electron chi connectivity index (χ1n) is 9.12. The second-order valence-corrected chi connectivity index (χ2v) is 6.81. The molecule has 1 N–H and O–H groups in total. The second kappa shape index (κ2) is 8.24. The van der Waals surface area contributed by atoms with Crippen molar-refractivity contribution in [2.24, 2.45) is 5.10 Å². The molecule has 154 valence electrons. The van der Waals surface area contributed by atoms with Gasteiger partial charge in [-0.05, 0) is 30.5 Å². The van der Waals surface area contributed by atoms with Gasteiger partial charge in [-0.15, -0.1) is 0 Å². The smallest absolute Gasteiger partial charge is 0.438 e. The van der Waals surface area contributed by atoms with Gasteiger partial charge in [0.05, 0.1) is 19.2 Å². The maximum Gasteiger partial charge on any atom is 0.438 e. The maximum absolute atomic E-state index is 13.6. The van der Waals surface area contributed by atoms with Crippen molar-refractivity contribution in [2.75, 3.05) is 7.11 Å². The molecule has 1 atom stereocenters. The van der Waals surface area contributed by atoms with Crippen LogP contribution in [0.5, 0.6) is 5.75 Å². The van der Waals surface area contributed by atoms with Crippen LogP contribution < -0.4 is 4.74 Å². The Morgan fingerprint density at radius 2 is 1.93 bits per heavy atom. The van der Waals surface area contributed by atoms with Crippen LogP contribution in [0, 0.1) is 0 Å². The molecule has 3 rings (SSSR count). The van der Waals surface area contributed by atoms with Gasteiger partial charge in [0.25, 0.3) is 5.72 Å². The molecule has 2 aromatic carbocycles. The van der Waals surface area contributed by atoms with Crippen LogP contribution in [-0.4, -0.2) is 40.7 Å². The molecule has 8 heteroatoms. The molecule has 0 saturated heterocycles. The molecule has 0 aliphatic carbocycles. The highest BCUT2D eigenvalue weighted by Gasteiger charge is 2.63. The molecule has 1 aliphatic rings. The molecular formula is C21H21F3N2O3. The zero-order valence-electron chi connectivity index (χ0n) is 15.8. The number of aryl methyl sites for hydroxylation is 1. The monoisotopic (exact) mass is 406 g/mol. The first kappa shape index (κ1) is 20.9. The van der Waals surface area contributed by atoms with Crippen LogP contribution >= 0.6 is 0 Å². The summed E-state index contributed by atoms with van der Waals surface area (Å²) in [5.74, 6) is -0.438. The summed E-state index contributed by atoms with van der Waals surface area (Å²) in [6.45, 7) is 0. The molecule has 0 saturated carbocycles. The van der Waals surface area contributed by atoms with Gasteiger partial charge in [0.15, 0.2) is 0 Å². The number of hydrazone groups is 1. The van der Waals surface area contributed by atoms with E-state index >= 15 is 0 Å². The lowest BCUT2D eigenvalue weighted by Gasteiger charge is -2.32. The number of nitrogens with zero attached hydrogens (tertiary/aromatic N) is 2. The summed E-state index contributed by atoms with van der Waals surface area (Å²) in [6.07, 6.45) is -5.17. The summed E-state index contributed by atoms with van der Waals surface area (Å²) in [5.41, 5.74) is -2.06. The summed E-state index contributed by atoms with van der Waals surface area (Å²) in [4.78, 5) is 12.5. The highest BCUT2D eigenvalue weighted by molar-refractivity contribution is 6.03. The van der Waals surface area contributed by atoms with E-state index in [0.29, 0.717) is 24.2 Å². The van der Waals surface area contributed by atoms with E-state index in [9.17, 15) is 23.1 Å². The van der Waals surface area contributed by atoms with Crippen LogP contribution in [0.4, 0.5) is 13.2 Å². The minimum Gasteiger partial charge on any atom is -0.497 e. The average molecular weight is 406 g/mol. The number of methoxy groups -OCH3 is 1. The molecule has 0 radical (unpaired) electrons. The van der Waals surface area contributed by atoms with E-state index in [1.165, 1.54) is 13.2 Å². The number of carbonyl (C=O) groups excluding carboxylic acids is 1. The number of benzene rings is 2. The molecule has 5 nitrogen and oxygen atoms in total. The number of hydrogen-bond acceptors (Lipinski definition) is 4. The Balaban J connectivity index is 1.80. The highest BCUT2D eigenvalue weighted by atomic mass is 19.4. The first-order chi connectivity index (χ1) is 13.7. The van der Waals surface area contributed by atoms with Crippen molar-refractivity contribution in [3.8, 4) is 5.75 Å². The van der Waals surface area contributed by atoms with Crippen molar-refractivity contribution < 1.29 is 27.8 Å². The van der Waals surface area contributed by atoms with Gasteiger partial charge in [-0.25, -0.2) is 0 Å². The Labute approximate surface area is 166 Å². The van der Waals surface area contributed by atoms with Crippen LogP contribution in [0.2, 0.25) is 0 Å². The highest BCUT2D eigenvalue weighted by Crippen LogP contribution is 2.41. The molecule has 29 heavy (non-hydrogen) atoms. The fraction of sp³-hybridized carbons (Fsp3) is 0.333. The standard InChI is InChI=1S/C21H21F3N2O3/c1-29-17-11-6-10-16(13-17)18-14-20(28,21(22,23)24)26(25-18)19(27)12-5-9-15-7-3-2-4-8-15/h2-4,6-8,10-11,13,28H,5,9,12,14H2,1H3/t20-/m1/s1. The third-order valence-electron chi connectivity index (χ3n) is 4.78. The third-order valence-corrected chi connectivity index (χ3v) is 4.78. The number of carbonyl (C=O) groups is 1. The SMILES string of the molecule is COc1cccc(C2=NN(C(=O)CCCc3ccccc3)[C@](O)(C(F)(F)F)C2)c1. The first-order valence-corrected chi connectivity index (χ1v) is 9.12. The van der Waals surface area contributed by atoms with Crippen molar-refractivity contribution in [3.05, 3.63) is 65.7 Å². The van der Waals surface area contributed by atoms with Crippen molar-refractivity contribution in [1.29, 1.82) is 0 Å². The molecule has 0 bridgehead atoms. The van der Waals surface area contributed by atoms with Crippen LogP contribution in [0.15, 0.2) is 59.7 Å². The molecule has 1 heterocycles. The van der Waals surface area contributed by atoms with Crippen molar-refractivity contribution in [3.63, 3.8) is 0 Å². The van der Waals surface area contributed by atoms with Gasteiger partial charge in [-0.2, -0.15) is 23.3 Å². The molecule has 1 aliphatic heterocycles. The minimum absolute atomic E-state index is 0.0277. The summed E-state index contributed by atoms with van der Waals surface area (Å²) in [6, 6.07) is 15.6. The molecular weight excluding hydrogens is 385 g/mol. The Bertz CT molecular complexity index is 900. The topological polar surface area (TPSA) is 62.1 Å². The molecule has 0 fully saturated rings. The Kier molecular flexibility index (Phi) is 5.93. The summed E-state index contributed by atoms with van der Waals surface area (Å²) >= 11 is 0. The quantitative estimate of drug-likeness (QED) is 0.791. The second-order valence-electron chi connectivity index (χ2n) is 6.81. The van der Waals surface area contributed by atoms with Gasteiger partial charge in [0, 0.05) is 12.0 Å². The van der Waals surface area contributed by atoms with Gasteiger partial charge in [-0.3, -0.25) is 4.79 Å². The molecule has 1 amide bonds. The van der Waals surface area contributed by atoms with E-state index in [1.807, 2.05) is 30.3 Å². The summed E-state index contributed by atoms with van der Waals surface area (Å²) in [5, 5.41) is 14.4. The molecule has 0 unspecified atom stereocenters. The van der Waals surface area contributed by atoms with Gasteiger partial charge in [-0.1, -0.05) is 42.5 Å². The van der Waals surface area contributed by atoms with Gasteiger partial charge in [0.1, 0.15) is 5.75 Å². The number of hydrogen-bond donors (Lipinski definition) is 1. The predicted molar refractivity (Wildman–Crippen MR) is 101 cm³/mol. The number of alkyl halides is 3. The van der Waals surface area contributed by atoms with E-state index in [2.05, 4.69) is 5.10 Å². The van der Waals surface area contributed by atoms with Crippen LogP contribution in [0.3, 0.4) is 0 Å². The summed E-state index contributed by atoms with van der Waals surface area (Å²) in [7, 11) is 1.43. The summed E-state index contributed by atoms with van der Waals surface area (Å²) < 4.78 is 46.0.